The van der Waals surface area contributed by atoms with Gasteiger partial charge in [0.15, 0.2) is 0 Å². The molecule has 1 aromatic rings. The molecule has 0 saturated heterocycles. The Balaban J connectivity index is 1.48. The van der Waals surface area contributed by atoms with Gasteiger partial charge in [-0.3, -0.25) is 4.18 Å². The lowest BCUT2D eigenvalue weighted by molar-refractivity contribution is 0.0422. The molecule has 0 bridgehead atoms. The van der Waals surface area contributed by atoms with Gasteiger partial charge in [-0.2, -0.15) is 8.42 Å². The highest BCUT2D eigenvalue weighted by Gasteiger charge is 2.47. The number of carboxylic acid groups (broad SMARTS) is 1. The molecule has 4 rings (SSSR count). The first-order chi connectivity index (χ1) is 15.5. The fourth-order valence-electron chi connectivity index (χ4n) is 6.47. The van der Waals surface area contributed by atoms with Crippen LogP contribution in [0.1, 0.15) is 69.7 Å². The van der Waals surface area contributed by atoms with E-state index in [1.807, 2.05) is 0 Å². The topological polar surface area (TPSA) is 80.7 Å². The van der Waals surface area contributed by atoms with Gasteiger partial charge in [-0.15, -0.1) is 0 Å². The third-order valence-electron chi connectivity index (χ3n) is 8.72. The fraction of sp³-hybridized carbons (Fsp3) is 0.593. The largest absolute Gasteiger partial charge is 0.478 e. The molecule has 3 aliphatic carbocycles. The molecular weight excluding hydrogens is 436 g/mol. The summed E-state index contributed by atoms with van der Waals surface area (Å²) in [5.74, 6) is 1.32. The number of benzene rings is 1. The Morgan fingerprint density at radius 2 is 1.88 bits per heavy atom. The maximum atomic E-state index is 12.8. The van der Waals surface area contributed by atoms with Crippen molar-refractivity contribution in [3.63, 3.8) is 0 Å². The van der Waals surface area contributed by atoms with Gasteiger partial charge in [0.05, 0.1) is 17.1 Å². The standard InChI is InChI=1S/C27H36O5S/c1-17(2)27(4)14-13-24-20(15-27)9-12-23-21(6-5-18(3)25(23)24)16-32-33(30,31)22-10-7-19(8-11-22)26(28)29/h7-8,10-11,13,18,20-21,23,25H,1,5-6,9,12,14-16H2,2-4H3,(H,28,29)/t18?,20?,21-,23?,25+,27-/m1/s1. The van der Waals surface area contributed by atoms with Crippen molar-refractivity contribution in [2.75, 3.05) is 6.61 Å². The molecule has 180 valence electrons. The van der Waals surface area contributed by atoms with Crippen LogP contribution in [0, 0.1) is 35.0 Å². The molecule has 3 unspecified atom stereocenters. The smallest absolute Gasteiger partial charge is 0.335 e. The Kier molecular flexibility index (Phi) is 6.62. The normalized spacial score (nSPS) is 34.0. The van der Waals surface area contributed by atoms with E-state index in [2.05, 4.69) is 33.4 Å². The van der Waals surface area contributed by atoms with Crippen LogP contribution >= 0.6 is 0 Å². The van der Waals surface area contributed by atoms with Gasteiger partial charge in [0, 0.05) is 0 Å². The van der Waals surface area contributed by atoms with E-state index in [1.54, 1.807) is 5.57 Å². The fourth-order valence-corrected chi connectivity index (χ4v) is 7.43. The van der Waals surface area contributed by atoms with Crippen LogP contribution in [0.25, 0.3) is 0 Å². The lowest BCUT2D eigenvalue weighted by Crippen LogP contribution is -2.43. The number of allylic oxidation sites excluding steroid dienone is 3. The second-order valence-electron chi connectivity index (χ2n) is 10.8. The van der Waals surface area contributed by atoms with E-state index in [4.69, 9.17) is 9.29 Å². The predicted octanol–water partition coefficient (Wildman–Crippen LogP) is 6.08. The van der Waals surface area contributed by atoms with Gasteiger partial charge in [-0.1, -0.05) is 37.6 Å². The minimum Gasteiger partial charge on any atom is -0.478 e. The van der Waals surface area contributed by atoms with Gasteiger partial charge >= 0.3 is 5.97 Å². The summed E-state index contributed by atoms with van der Waals surface area (Å²) >= 11 is 0. The zero-order chi connectivity index (χ0) is 24.0. The molecule has 0 aliphatic heterocycles. The van der Waals surface area contributed by atoms with Crippen LogP contribution in [0.4, 0.5) is 0 Å². The molecule has 0 aromatic heterocycles. The van der Waals surface area contributed by atoms with Crippen LogP contribution in [0.15, 0.2) is 53.0 Å². The summed E-state index contributed by atoms with van der Waals surface area (Å²) in [6, 6.07) is 5.21. The highest BCUT2D eigenvalue weighted by molar-refractivity contribution is 7.86. The summed E-state index contributed by atoms with van der Waals surface area (Å²) in [4.78, 5) is 11.0. The first-order valence-electron chi connectivity index (χ1n) is 12.1. The third-order valence-corrected chi connectivity index (χ3v) is 10.0. The van der Waals surface area contributed by atoms with Crippen molar-refractivity contribution in [2.45, 2.75) is 64.2 Å². The highest BCUT2D eigenvalue weighted by Crippen LogP contribution is 2.56. The average Bonchev–Trinajstić information content (AvgIpc) is 2.78. The molecule has 1 aromatic carbocycles. The Hall–Kier alpha value is -1.92. The van der Waals surface area contributed by atoms with E-state index in [0.29, 0.717) is 23.7 Å². The average molecular weight is 473 g/mol. The summed E-state index contributed by atoms with van der Waals surface area (Å²) in [5, 5.41) is 9.03. The summed E-state index contributed by atoms with van der Waals surface area (Å²) < 4.78 is 31.0. The number of aromatic carboxylic acids is 1. The van der Waals surface area contributed by atoms with Crippen molar-refractivity contribution in [2.24, 2.45) is 35.0 Å². The number of rotatable bonds is 6. The van der Waals surface area contributed by atoms with Gasteiger partial charge in [-0.05, 0) is 105 Å². The molecule has 2 saturated carbocycles. The van der Waals surface area contributed by atoms with Crippen LogP contribution in [-0.4, -0.2) is 26.1 Å². The van der Waals surface area contributed by atoms with Gasteiger partial charge in [0.25, 0.3) is 10.1 Å². The van der Waals surface area contributed by atoms with Crippen molar-refractivity contribution < 1.29 is 22.5 Å². The lowest BCUT2D eigenvalue weighted by atomic mass is 9.53. The van der Waals surface area contributed by atoms with E-state index in [-0.39, 0.29) is 28.4 Å². The van der Waals surface area contributed by atoms with Crippen molar-refractivity contribution in [1.82, 2.24) is 0 Å². The van der Waals surface area contributed by atoms with E-state index in [1.165, 1.54) is 36.3 Å². The van der Waals surface area contributed by atoms with Crippen LogP contribution < -0.4 is 0 Å². The van der Waals surface area contributed by atoms with Crippen molar-refractivity contribution in [3.05, 3.63) is 53.6 Å². The van der Waals surface area contributed by atoms with Crippen molar-refractivity contribution in [1.29, 1.82) is 0 Å². The van der Waals surface area contributed by atoms with Crippen molar-refractivity contribution >= 4 is 16.1 Å². The monoisotopic (exact) mass is 472 g/mol. The third kappa shape index (κ3) is 4.69. The van der Waals surface area contributed by atoms with E-state index >= 15 is 0 Å². The molecule has 0 heterocycles. The molecule has 5 nitrogen and oxygen atoms in total. The number of carbonyl (C=O) groups is 1. The molecule has 2 fully saturated rings. The number of fused-ring (bicyclic) bond motifs is 3. The Bertz CT molecular complexity index is 1050. The Morgan fingerprint density at radius 1 is 1.18 bits per heavy atom. The van der Waals surface area contributed by atoms with Crippen LogP contribution in [-0.2, 0) is 14.3 Å². The molecular formula is C27H36O5S. The minimum atomic E-state index is -3.92. The Morgan fingerprint density at radius 3 is 2.52 bits per heavy atom. The SMILES string of the molecule is C=C(C)[C@]1(C)CC=C2C(CCC3[C@@H](COS(=O)(=O)c4ccc(C(=O)O)cc4)CCC(C)[C@H]23)C1. The zero-order valence-electron chi connectivity index (χ0n) is 19.9. The highest BCUT2D eigenvalue weighted by atomic mass is 32.2. The first kappa shape index (κ1) is 24.2. The maximum absolute atomic E-state index is 12.8. The molecule has 33 heavy (non-hydrogen) atoms. The molecule has 1 N–H and O–H groups in total. The van der Waals surface area contributed by atoms with Gasteiger partial charge in [-0.25, -0.2) is 4.79 Å². The van der Waals surface area contributed by atoms with Gasteiger partial charge in [0.1, 0.15) is 0 Å². The summed E-state index contributed by atoms with van der Waals surface area (Å²) in [5.41, 5.74) is 3.11. The quantitative estimate of drug-likeness (QED) is 0.401. The second kappa shape index (κ2) is 9.03. The van der Waals surface area contributed by atoms with Gasteiger partial charge in [0.2, 0.25) is 0 Å². The van der Waals surface area contributed by atoms with Gasteiger partial charge < -0.3 is 5.11 Å². The molecule has 0 radical (unpaired) electrons. The molecule has 6 atom stereocenters. The molecule has 0 amide bonds. The van der Waals surface area contributed by atoms with Crippen LogP contribution in [0.5, 0.6) is 0 Å². The predicted molar refractivity (Wildman–Crippen MR) is 128 cm³/mol. The first-order valence-corrected chi connectivity index (χ1v) is 13.5. The number of hydrogen-bond acceptors (Lipinski definition) is 4. The van der Waals surface area contributed by atoms with Crippen LogP contribution in [0.2, 0.25) is 0 Å². The minimum absolute atomic E-state index is 0.00556. The zero-order valence-corrected chi connectivity index (χ0v) is 20.7. The molecule has 0 spiro atoms. The summed E-state index contributed by atoms with van der Waals surface area (Å²) in [6.07, 6.45) is 9.05. The van der Waals surface area contributed by atoms with Crippen LogP contribution in [0.3, 0.4) is 0 Å². The second-order valence-corrected chi connectivity index (χ2v) is 12.4. The van der Waals surface area contributed by atoms with E-state index < -0.39 is 16.1 Å². The summed E-state index contributed by atoms with van der Waals surface area (Å²) in [6.45, 7) is 11.3. The number of hydrogen-bond donors (Lipinski definition) is 1. The lowest BCUT2D eigenvalue weighted by Gasteiger charge is -2.52. The van der Waals surface area contributed by atoms with Crippen molar-refractivity contribution in [3.8, 4) is 0 Å². The molecule has 3 aliphatic rings. The Labute approximate surface area is 198 Å². The van der Waals surface area contributed by atoms with E-state index in [9.17, 15) is 13.2 Å². The maximum Gasteiger partial charge on any atom is 0.335 e. The molecule has 6 heteroatoms. The summed E-state index contributed by atoms with van der Waals surface area (Å²) in [7, 11) is -3.92. The van der Waals surface area contributed by atoms with E-state index in [0.717, 1.165) is 32.1 Å². The number of carboxylic acids is 1.